The van der Waals surface area contributed by atoms with Gasteiger partial charge in [0.2, 0.25) is 11.8 Å². The van der Waals surface area contributed by atoms with E-state index in [1.807, 2.05) is 13.0 Å². The molecule has 0 amide bonds. The molecule has 2 N–H and O–H groups in total. The van der Waals surface area contributed by atoms with Gasteiger partial charge in [-0.15, -0.1) is 0 Å². The van der Waals surface area contributed by atoms with E-state index in [1.165, 1.54) is 0 Å². The lowest BCUT2D eigenvalue weighted by Gasteiger charge is -2.05. The summed E-state index contributed by atoms with van der Waals surface area (Å²) in [5, 5.41) is 9.80. The first-order chi connectivity index (χ1) is 9.63. The summed E-state index contributed by atoms with van der Waals surface area (Å²) in [4.78, 5) is 22.7. The molecule has 0 spiro atoms. The molecule has 0 saturated carbocycles. The Labute approximate surface area is 116 Å². The lowest BCUT2D eigenvalue weighted by molar-refractivity contribution is 0.397. The lowest BCUT2D eigenvalue weighted by Crippen LogP contribution is -2.17. The van der Waals surface area contributed by atoms with Crippen LogP contribution in [-0.4, -0.2) is 27.2 Å². The molecule has 2 heterocycles. The van der Waals surface area contributed by atoms with Crippen LogP contribution < -0.4 is 10.3 Å². The number of methoxy groups -OCH3 is 1. The summed E-state index contributed by atoms with van der Waals surface area (Å²) in [5.74, 6) is 0.753. The third-order valence-corrected chi connectivity index (χ3v) is 2.92. The van der Waals surface area contributed by atoms with Crippen LogP contribution in [0.2, 0.25) is 0 Å². The topological polar surface area (TPSA) is 88.1 Å². The van der Waals surface area contributed by atoms with Crippen molar-refractivity contribution in [1.82, 2.24) is 15.0 Å². The van der Waals surface area contributed by atoms with Crippen LogP contribution in [0.5, 0.6) is 11.8 Å². The molecule has 0 aliphatic rings. The van der Waals surface area contributed by atoms with Crippen molar-refractivity contribution >= 4 is 0 Å². The number of H-pyrrole nitrogens is 1. The molecule has 20 heavy (non-hydrogen) atoms. The number of aromatic hydroxyl groups is 1. The zero-order chi connectivity index (χ0) is 14.5. The number of aromatic nitrogens is 3. The maximum absolute atomic E-state index is 11.9. The van der Waals surface area contributed by atoms with Gasteiger partial charge in [-0.25, -0.2) is 4.98 Å². The van der Waals surface area contributed by atoms with E-state index >= 15 is 0 Å². The van der Waals surface area contributed by atoms with Crippen LogP contribution in [0.3, 0.4) is 0 Å². The first-order valence-corrected chi connectivity index (χ1v) is 6.44. The molecule has 2 rings (SSSR count). The van der Waals surface area contributed by atoms with Crippen molar-refractivity contribution < 1.29 is 9.84 Å². The van der Waals surface area contributed by atoms with Gasteiger partial charge < -0.3 is 14.8 Å². The predicted octanol–water partition coefficient (Wildman–Crippen LogP) is 1.42. The van der Waals surface area contributed by atoms with E-state index in [1.54, 1.807) is 19.4 Å². The average Bonchev–Trinajstić information content (AvgIpc) is 2.44. The first kappa shape index (κ1) is 14.0. The standard InChI is InChI=1S/C14H17N3O3/c1-3-4-10-13(18)16-11(17-14(10)19)7-9-5-6-12(20-2)15-8-9/h5-6,8H,3-4,7H2,1-2H3,(H2,16,17,18,19). The summed E-state index contributed by atoms with van der Waals surface area (Å²) >= 11 is 0. The third-order valence-electron chi connectivity index (χ3n) is 2.92. The smallest absolute Gasteiger partial charge is 0.257 e. The highest BCUT2D eigenvalue weighted by molar-refractivity contribution is 5.25. The third kappa shape index (κ3) is 3.14. The maximum atomic E-state index is 11.9. The molecular weight excluding hydrogens is 258 g/mol. The molecule has 0 radical (unpaired) electrons. The summed E-state index contributed by atoms with van der Waals surface area (Å²) in [6, 6.07) is 3.57. The van der Waals surface area contributed by atoms with E-state index in [0.29, 0.717) is 30.1 Å². The Bertz CT molecular complexity index is 635. The van der Waals surface area contributed by atoms with Gasteiger partial charge in [-0.2, -0.15) is 4.98 Å². The van der Waals surface area contributed by atoms with E-state index in [-0.39, 0.29) is 11.4 Å². The zero-order valence-electron chi connectivity index (χ0n) is 11.5. The van der Waals surface area contributed by atoms with Gasteiger partial charge in [0.15, 0.2) is 0 Å². The molecule has 0 fully saturated rings. The maximum Gasteiger partial charge on any atom is 0.257 e. The van der Waals surface area contributed by atoms with Crippen LogP contribution in [0, 0.1) is 0 Å². The van der Waals surface area contributed by atoms with Crippen LogP contribution in [-0.2, 0) is 12.8 Å². The average molecular weight is 275 g/mol. The van der Waals surface area contributed by atoms with E-state index < -0.39 is 0 Å². The number of ether oxygens (including phenoxy) is 1. The predicted molar refractivity (Wildman–Crippen MR) is 74.1 cm³/mol. The second kappa shape index (κ2) is 6.18. The second-order valence-electron chi connectivity index (χ2n) is 4.45. The molecule has 0 aromatic carbocycles. The molecule has 0 atom stereocenters. The van der Waals surface area contributed by atoms with Crippen molar-refractivity contribution in [2.24, 2.45) is 0 Å². The van der Waals surface area contributed by atoms with Crippen LogP contribution >= 0.6 is 0 Å². The van der Waals surface area contributed by atoms with Crippen LogP contribution in [0.4, 0.5) is 0 Å². The molecule has 6 nitrogen and oxygen atoms in total. The highest BCUT2D eigenvalue weighted by Crippen LogP contribution is 2.13. The van der Waals surface area contributed by atoms with Crippen molar-refractivity contribution in [3.05, 3.63) is 45.6 Å². The molecule has 0 saturated heterocycles. The van der Waals surface area contributed by atoms with Crippen molar-refractivity contribution in [3.8, 4) is 11.8 Å². The molecule has 0 bridgehead atoms. The van der Waals surface area contributed by atoms with Gasteiger partial charge in [0.05, 0.1) is 12.7 Å². The minimum atomic E-state index is -0.282. The fraction of sp³-hybridized carbons (Fsp3) is 0.357. The normalized spacial score (nSPS) is 10.5. The summed E-state index contributed by atoms with van der Waals surface area (Å²) in [7, 11) is 1.55. The lowest BCUT2D eigenvalue weighted by atomic mass is 10.1. The van der Waals surface area contributed by atoms with Gasteiger partial charge >= 0.3 is 0 Å². The SMILES string of the molecule is CCCc1c(O)nc(Cc2ccc(OC)nc2)[nH]c1=O. The fourth-order valence-electron chi connectivity index (χ4n) is 1.92. The highest BCUT2D eigenvalue weighted by atomic mass is 16.5. The molecule has 0 aliphatic carbocycles. The van der Waals surface area contributed by atoms with Crippen LogP contribution in [0.1, 0.15) is 30.3 Å². The summed E-state index contributed by atoms with van der Waals surface area (Å²) in [6.45, 7) is 1.94. The van der Waals surface area contributed by atoms with Crippen molar-refractivity contribution in [1.29, 1.82) is 0 Å². The number of hydrogen-bond acceptors (Lipinski definition) is 5. The minimum absolute atomic E-state index is 0.188. The number of hydrogen-bond donors (Lipinski definition) is 2. The van der Waals surface area contributed by atoms with Gasteiger partial charge in [0.25, 0.3) is 5.56 Å². The van der Waals surface area contributed by atoms with Crippen molar-refractivity contribution in [2.75, 3.05) is 7.11 Å². The van der Waals surface area contributed by atoms with Gasteiger partial charge in [-0.05, 0) is 12.0 Å². The second-order valence-corrected chi connectivity index (χ2v) is 4.45. The van der Waals surface area contributed by atoms with E-state index in [9.17, 15) is 9.90 Å². The highest BCUT2D eigenvalue weighted by Gasteiger charge is 2.10. The molecule has 2 aromatic rings. The summed E-state index contributed by atoms with van der Waals surface area (Å²) in [6.07, 6.45) is 3.33. The Hall–Kier alpha value is -2.37. The van der Waals surface area contributed by atoms with Gasteiger partial charge in [-0.1, -0.05) is 19.4 Å². The number of pyridine rings is 1. The van der Waals surface area contributed by atoms with Crippen LogP contribution in [0.25, 0.3) is 0 Å². The Kier molecular flexibility index (Phi) is 4.34. The number of rotatable bonds is 5. The Balaban J connectivity index is 2.23. The Morgan fingerprint density at radius 2 is 2.20 bits per heavy atom. The first-order valence-electron chi connectivity index (χ1n) is 6.44. The molecule has 6 heteroatoms. The van der Waals surface area contributed by atoms with E-state index in [4.69, 9.17) is 4.74 Å². The van der Waals surface area contributed by atoms with E-state index in [0.717, 1.165) is 12.0 Å². The van der Waals surface area contributed by atoms with Crippen molar-refractivity contribution in [2.45, 2.75) is 26.2 Å². The van der Waals surface area contributed by atoms with E-state index in [2.05, 4.69) is 15.0 Å². The van der Waals surface area contributed by atoms with Gasteiger partial charge in [0.1, 0.15) is 5.82 Å². The van der Waals surface area contributed by atoms with Gasteiger partial charge in [-0.3, -0.25) is 4.79 Å². The number of aromatic amines is 1. The minimum Gasteiger partial charge on any atom is -0.493 e. The van der Waals surface area contributed by atoms with Crippen molar-refractivity contribution in [3.63, 3.8) is 0 Å². The molecule has 106 valence electrons. The molecular formula is C14H17N3O3. The molecule has 2 aromatic heterocycles. The quantitative estimate of drug-likeness (QED) is 0.861. The Morgan fingerprint density at radius 1 is 1.40 bits per heavy atom. The van der Waals surface area contributed by atoms with Crippen LogP contribution in [0.15, 0.2) is 23.1 Å². The number of nitrogens with zero attached hydrogens (tertiary/aromatic N) is 2. The van der Waals surface area contributed by atoms with Gasteiger partial charge in [0, 0.05) is 18.7 Å². The molecule has 0 unspecified atom stereocenters. The molecule has 0 aliphatic heterocycles. The zero-order valence-corrected chi connectivity index (χ0v) is 11.5. The summed E-state index contributed by atoms with van der Waals surface area (Å²) in [5.41, 5.74) is 0.927. The fourth-order valence-corrected chi connectivity index (χ4v) is 1.92. The largest absolute Gasteiger partial charge is 0.493 e. The Morgan fingerprint density at radius 3 is 2.75 bits per heavy atom. The summed E-state index contributed by atoms with van der Waals surface area (Å²) < 4.78 is 4.98. The monoisotopic (exact) mass is 275 g/mol. The number of nitrogens with one attached hydrogen (secondary N) is 1.